The molecule has 1 saturated carbocycles. The van der Waals surface area contributed by atoms with Gasteiger partial charge in [0.1, 0.15) is 53.6 Å². The smallest absolute Gasteiger partial charge is 0.345 e. The molecule has 10 rings (SSSR count). The molecular weight excluding hydrogens is 895 g/mol. The molecule has 6 aromatic rings. The summed E-state index contributed by atoms with van der Waals surface area (Å²) in [5.74, 6) is 0.359. The number of ether oxygens (including phenoxy) is 5. The third-order valence-electron chi connectivity index (χ3n) is 12.7. The van der Waals surface area contributed by atoms with Gasteiger partial charge in [-0.25, -0.2) is 29.1 Å². The zero-order chi connectivity index (χ0) is 45.4. The predicted octanol–water partition coefficient (Wildman–Crippen LogP) is 8.99. The van der Waals surface area contributed by atoms with Gasteiger partial charge in [-0.15, -0.1) is 11.3 Å². The Morgan fingerprint density at radius 2 is 1.74 bits per heavy atom. The Balaban J connectivity index is 1.16. The van der Waals surface area contributed by atoms with Crippen molar-refractivity contribution in [2.45, 2.75) is 63.8 Å². The third-order valence-corrected chi connectivity index (χ3v) is 14.7. The largest absolute Gasteiger partial charge is 0.490 e. The van der Waals surface area contributed by atoms with E-state index >= 15 is 0 Å². The number of halogens is 3. The van der Waals surface area contributed by atoms with E-state index in [0.29, 0.717) is 94.6 Å². The molecule has 17 heteroatoms. The van der Waals surface area contributed by atoms with E-state index in [1.165, 1.54) is 29.8 Å². The lowest BCUT2D eigenvalue weighted by Gasteiger charge is -2.39. The van der Waals surface area contributed by atoms with Gasteiger partial charge in [-0.05, 0) is 92.4 Å². The van der Waals surface area contributed by atoms with Crippen molar-refractivity contribution < 1.29 is 38.0 Å². The second kappa shape index (κ2) is 19.0. The minimum absolute atomic E-state index is 0.0364. The Morgan fingerprint density at radius 3 is 2.43 bits per heavy atom. The molecule has 4 bridgehead atoms. The van der Waals surface area contributed by atoms with Crippen molar-refractivity contribution >= 4 is 50.7 Å². The molecule has 0 spiro atoms. The van der Waals surface area contributed by atoms with Gasteiger partial charge in [0, 0.05) is 68.5 Å². The van der Waals surface area contributed by atoms with Crippen LogP contribution in [0.1, 0.15) is 47.5 Å². The summed E-state index contributed by atoms with van der Waals surface area (Å²) in [7, 11) is 3.79. The average molecular weight is 944 g/mol. The Morgan fingerprint density at radius 1 is 0.985 bits per heavy atom. The van der Waals surface area contributed by atoms with E-state index in [0.717, 1.165) is 51.3 Å². The molecule has 0 amide bonds. The van der Waals surface area contributed by atoms with E-state index in [4.69, 9.17) is 51.9 Å². The fraction of sp³-hybridized carbons (Fsp3) is 0.396. The number of likely N-dealkylation sites (N-methyl/N-ethyl adjacent to an activating group) is 1. The standard InChI is InChI=1S/C48H49Cl2FN6O7S/c1-27-37-28(2)41(50)42(40(27)49)63-34(22-57-18-16-56(3)17-19-57)24-61-33-10-11-35(62-23-32-12-15-52-47(55-32)48(25-60-4)13-5-14-48)30(20-33)21-36(46(58)59)64-44-39-38(37)43(65-45(39)54-26-53-44)29-6-8-31(51)9-7-29/h6-12,15,20,26,34,36H,5,13-14,16-19,21-25H2,1-4H3,(H,58,59)/t34-,36-/m1/s1. The van der Waals surface area contributed by atoms with Crippen LogP contribution in [-0.2, 0) is 28.0 Å². The Bertz CT molecular complexity index is 2700. The number of hydrogen-bond donors (Lipinski definition) is 1. The molecular formula is C48H49Cl2FN6O7S. The number of benzene rings is 3. The Kier molecular flexibility index (Phi) is 13.1. The molecule has 4 aliphatic rings. The number of nitrogens with zero attached hydrogens (tertiary/aromatic N) is 6. The molecule has 6 heterocycles. The molecule has 13 nitrogen and oxygen atoms in total. The molecule has 340 valence electrons. The number of hydrogen-bond acceptors (Lipinski definition) is 13. The summed E-state index contributed by atoms with van der Waals surface area (Å²) in [6, 6.07) is 13.3. The third kappa shape index (κ3) is 9.19. The number of carbonyl (C=O) groups is 1. The SMILES string of the molecule is COCC1(c2nccc(COc3ccc4cc3C[C@H](C(=O)O)Oc3ncnc5sc(-c6ccc(F)cc6)c(c35)-c3c(C)c(Cl)c(c(Cl)c3C)O[C@H](CN3CCN(C)CC3)CO4)n2)CCC1. The summed E-state index contributed by atoms with van der Waals surface area (Å²) < 4.78 is 46.2. The molecule has 0 unspecified atom stereocenters. The van der Waals surface area contributed by atoms with E-state index in [-0.39, 0.29) is 30.9 Å². The van der Waals surface area contributed by atoms with Crippen LogP contribution in [0.15, 0.2) is 61.1 Å². The van der Waals surface area contributed by atoms with Crippen LogP contribution < -0.4 is 18.9 Å². The summed E-state index contributed by atoms with van der Waals surface area (Å²) in [5, 5.41) is 11.9. The second-order valence-corrected chi connectivity index (χ2v) is 18.8. The highest BCUT2D eigenvalue weighted by molar-refractivity contribution is 7.22. The summed E-state index contributed by atoms with van der Waals surface area (Å²) in [4.78, 5) is 37.8. The lowest BCUT2D eigenvalue weighted by atomic mass is 9.68. The fourth-order valence-electron chi connectivity index (χ4n) is 8.91. The maximum absolute atomic E-state index is 14.4. The van der Waals surface area contributed by atoms with Crippen LogP contribution in [0.2, 0.25) is 10.0 Å². The monoisotopic (exact) mass is 942 g/mol. The zero-order valence-corrected chi connectivity index (χ0v) is 38.9. The van der Waals surface area contributed by atoms with Gasteiger partial charge in [-0.2, -0.15) is 0 Å². The van der Waals surface area contributed by atoms with Crippen LogP contribution in [0.5, 0.6) is 23.1 Å². The highest BCUT2D eigenvalue weighted by Crippen LogP contribution is 2.53. The van der Waals surface area contributed by atoms with Crippen molar-refractivity contribution in [2.75, 3.05) is 60.1 Å². The number of aliphatic carboxylic acids is 1. The molecule has 0 radical (unpaired) electrons. The van der Waals surface area contributed by atoms with E-state index in [1.807, 2.05) is 19.9 Å². The van der Waals surface area contributed by atoms with Crippen LogP contribution in [0, 0.1) is 19.7 Å². The number of rotatable bonds is 10. The Labute approximate surface area is 390 Å². The molecule has 2 fully saturated rings. The van der Waals surface area contributed by atoms with Crippen LogP contribution in [-0.4, -0.2) is 113 Å². The molecule has 2 atom stereocenters. The van der Waals surface area contributed by atoms with Gasteiger partial charge in [0.05, 0.1) is 33.1 Å². The molecule has 3 aliphatic heterocycles. The number of carboxylic acid groups (broad SMARTS) is 1. The number of thiophene rings is 1. The summed E-state index contributed by atoms with van der Waals surface area (Å²) in [5.41, 5.74) is 4.27. The van der Waals surface area contributed by atoms with Crippen LogP contribution >= 0.6 is 34.5 Å². The summed E-state index contributed by atoms with van der Waals surface area (Å²) >= 11 is 16.0. The van der Waals surface area contributed by atoms with E-state index in [9.17, 15) is 14.3 Å². The maximum atomic E-state index is 14.4. The first-order chi connectivity index (χ1) is 31.4. The van der Waals surface area contributed by atoms with Crippen molar-refractivity contribution in [3.05, 3.63) is 105 Å². The zero-order valence-electron chi connectivity index (χ0n) is 36.5. The quantitative estimate of drug-likeness (QED) is 0.140. The first-order valence-corrected chi connectivity index (χ1v) is 23.2. The van der Waals surface area contributed by atoms with Crippen molar-refractivity contribution in [1.29, 1.82) is 0 Å². The second-order valence-electron chi connectivity index (χ2n) is 17.1. The lowest BCUT2D eigenvalue weighted by molar-refractivity contribution is -0.145. The van der Waals surface area contributed by atoms with Gasteiger partial charge < -0.3 is 33.7 Å². The highest BCUT2D eigenvalue weighted by Gasteiger charge is 2.41. The molecule has 1 saturated heterocycles. The number of aromatic nitrogens is 4. The van der Waals surface area contributed by atoms with Gasteiger partial charge in [0.2, 0.25) is 12.0 Å². The maximum Gasteiger partial charge on any atom is 0.345 e. The molecule has 65 heavy (non-hydrogen) atoms. The lowest BCUT2D eigenvalue weighted by Crippen LogP contribution is -2.49. The number of piperazine rings is 1. The average Bonchev–Trinajstić information content (AvgIpc) is 3.67. The molecule has 3 aromatic heterocycles. The van der Waals surface area contributed by atoms with Gasteiger partial charge in [-0.3, -0.25) is 4.90 Å². The first-order valence-electron chi connectivity index (χ1n) is 21.6. The van der Waals surface area contributed by atoms with E-state index in [2.05, 4.69) is 31.8 Å². The Hall–Kier alpha value is -5.16. The van der Waals surface area contributed by atoms with Crippen molar-refractivity contribution in [3.63, 3.8) is 0 Å². The van der Waals surface area contributed by atoms with Crippen molar-refractivity contribution in [1.82, 2.24) is 29.7 Å². The number of carboxylic acids is 1. The highest BCUT2D eigenvalue weighted by atomic mass is 35.5. The van der Waals surface area contributed by atoms with Crippen molar-refractivity contribution in [2.24, 2.45) is 0 Å². The van der Waals surface area contributed by atoms with Crippen LogP contribution in [0.25, 0.3) is 31.8 Å². The van der Waals surface area contributed by atoms with Gasteiger partial charge >= 0.3 is 5.97 Å². The fourth-order valence-corrected chi connectivity index (χ4v) is 10.6. The van der Waals surface area contributed by atoms with Crippen LogP contribution in [0.3, 0.4) is 0 Å². The summed E-state index contributed by atoms with van der Waals surface area (Å²) in [6.07, 6.45) is 3.94. The van der Waals surface area contributed by atoms with Gasteiger partial charge in [-0.1, -0.05) is 41.8 Å². The summed E-state index contributed by atoms with van der Waals surface area (Å²) in [6.45, 7) is 8.53. The molecule has 1 N–H and O–H groups in total. The molecule has 1 aliphatic carbocycles. The number of fused-ring (bicyclic) bond motifs is 7. The topological polar surface area (TPSA) is 141 Å². The minimum Gasteiger partial charge on any atom is -0.490 e. The van der Waals surface area contributed by atoms with Gasteiger partial charge in [0.25, 0.3) is 0 Å². The first kappa shape index (κ1) is 45.0. The van der Waals surface area contributed by atoms with Crippen LogP contribution in [0.4, 0.5) is 4.39 Å². The predicted molar refractivity (Wildman–Crippen MR) is 248 cm³/mol. The number of methoxy groups -OCH3 is 1. The minimum atomic E-state index is -1.45. The van der Waals surface area contributed by atoms with E-state index < -0.39 is 24.0 Å². The molecule has 3 aromatic carbocycles. The van der Waals surface area contributed by atoms with Crippen molar-refractivity contribution in [3.8, 4) is 44.7 Å². The normalized spacial score (nSPS) is 18.9. The van der Waals surface area contributed by atoms with Gasteiger partial charge in [0.15, 0.2) is 5.75 Å². The van der Waals surface area contributed by atoms with E-state index in [1.54, 1.807) is 43.6 Å².